The maximum absolute atomic E-state index is 12.8. The highest BCUT2D eigenvalue weighted by Crippen LogP contribution is 2.17. The molecule has 0 saturated carbocycles. The summed E-state index contributed by atoms with van der Waals surface area (Å²) in [6.07, 6.45) is 59.3. The van der Waals surface area contributed by atoms with Crippen LogP contribution in [0.2, 0.25) is 0 Å². The Morgan fingerprint density at radius 2 is 0.524 bits per heavy atom. The van der Waals surface area contributed by atoms with Gasteiger partial charge >= 0.3 is 17.9 Å². The summed E-state index contributed by atoms with van der Waals surface area (Å²) in [6.45, 7) is 6.65. The topological polar surface area (TPSA) is 78.9 Å². The minimum atomic E-state index is -0.762. The van der Waals surface area contributed by atoms with Crippen molar-refractivity contribution in [2.45, 2.75) is 322 Å². The van der Waals surface area contributed by atoms with E-state index in [4.69, 9.17) is 14.2 Å². The molecule has 1 unspecified atom stereocenters. The summed E-state index contributed by atoms with van der Waals surface area (Å²) in [4.78, 5) is 37.9. The first-order valence-corrected chi connectivity index (χ1v) is 28.2. The third-order valence-corrected chi connectivity index (χ3v) is 12.8. The largest absolute Gasteiger partial charge is 0.462 e. The third-order valence-electron chi connectivity index (χ3n) is 12.8. The lowest BCUT2D eigenvalue weighted by Crippen LogP contribution is -2.30. The number of rotatable bonds is 52. The van der Waals surface area contributed by atoms with Gasteiger partial charge in [-0.05, 0) is 44.9 Å². The second-order valence-corrected chi connectivity index (χ2v) is 19.2. The van der Waals surface area contributed by atoms with Crippen molar-refractivity contribution in [1.82, 2.24) is 0 Å². The molecule has 0 fully saturated rings. The van der Waals surface area contributed by atoms with Crippen LogP contribution in [-0.2, 0) is 28.6 Å². The molecule has 6 nitrogen and oxygen atoms in total. The Morgan fingerprint density at radius 3 is 0.794 bits per heavy atom. The SMILES string of the molecule is CCCCCCCCCC/C=C\CCCCCCCCCCCCCC(=O)OCC(COC(=O)CCCCCCCCCC)OC(=O)CCCCCCCCCCCCCCCC. The van der Waals surface area contributed by atoms with Gasteiger partial charge in [0.05, 0.1) is 0 Å². The Morgan fingerprint density at radius 1 is 0.302 bits per heavy atom. The average Bonchev–Trinajstić information content (AvgIpc) is 3.28. The zero-order chi connectivity index (χ0) is 45.8. The van der Waals surface area contributed by atoms with Crippen LogP contribution in [0.5, 0.6) is 0 Å². The second kappa shape index (κ2) is 52.8. The fourth-order valence-corrected chi connectivity index (χ4v) is 8.50. The smallest absolute Gasteiger partial charge is 0.306 e. The average molecular weight is 889 g/mol. The molecule has 63 heavy (non-hydrogen) atoms. The molecule has 0 aliphatic carbocycles. The quantitative estimate of drug-likeness (QED) is 0.0262. The van der Waals surface area contributed by atoms with Gasteiger partial charge < -0.3 is 14.2 Å². The summed E-state index contributed by atoms with van der Waals surface area (Å²) in [5.41, 5.74) is 0. The molecule has 0 heterocycles. The summed E-state index contributed by atoms with van der Waals surface area (Å²) < 4.78 is 16.8. The predicted molar refractivity (Wildman–Crippen MR) is 270 cm³/mol. The van der Waals surface area contributed by atoms with E-state index in [1.807, 2.05) is 0 Å². The molecule has 0 aromatic carbocycles. The van der Waals surface area contributed by atoms with Crippen molar-refractivity contribution in [2.75, 3.05) is 13.2 Å². The Hall–Kier alpha value is -1.85. The van der Waals surface area contributed by atoms with Crippen molar-refractivity contribution in [1.29, 1.82) is 0 Å². The highest BCUT2D eigenvalue weighted by atomic mass is 16.6. The number of esters is 3. The van der Waals surface area contributed by atoms with E-state index in [9.17, 15) is 14.4 Å². The zero-order valence-corrected chi connectivity index (χ0v) is 42.6. The van der Waals surface area contributed by atoms with Gasteiger partial charge in [-0.15, -0.1) is 0 Å². The lowest BCUT2D eigenvalue weighted by molar-refractivity contribution is -0.167. The Bertz CT molecular complexity index is 978. The maximum Gasteiger partial charge on any atom is 0.306 e. The molecule has 0 aliphatic rings. The first kappa shape index (κ1) is 61.1. The summed E-state index contributed by atoms with van der Waals surface area (Å²) >= 11 is 0. The molecule has 0 bridgehead atoms. The molecule has 0 aromatic heterocycles. The minimum Gasteiger partial charge on any atom is -0.462 e. The van der Waals surface area contributed by atoms with Gasteiger partial charge in [-0.1, -0.05) is 264 Å². The fraction of sp³-hybridized carbons (Fsp3) is 0.912. The predicted octanol–water partition coefficient (Wildman–Crippen LogP) is 18.5. The van der Waals surface area contributed by atoms with Crippen molar-refractivity contribution >= 4 is 17.9 Å². The summed E-state index contributed by atoms with van der Waals surface area (Å²) in [5.74, 6) is -0.850. The van der Waals surface area contributed by atoms with Gasteiger partial charge in [-0.3, -0.25) is 14.4 Å². The van der Waals surface area contributed by atoms with E-state index in [1.165, 1.54) is 218 Å². The van der Waals surface area contributed by atoms with Crippen LogP contribution in [0.25, 0.3) is 0 Å². The molecule has 0 radical (unpaired) electrons. The Kier molecular flexibility index (Phi) is 51.2. The molecule has 6 heteroatoms. The van der Waals surface area contributed by atoms with Crippen LogP contribution < -0.4 is 0 Å². The van der Waals surface area contributed by atoms with Crippen LogP contribution in [0.1, 0.15) is 316 Å². The van der Waals surface area contributed by atoms with E-state index >= 15 is 0 Å². The molecule has 0 saturated heterocycles. The van der Waals surface area contributed by atoms with Crippen molar-refractivity contribution in [2.24, 2.45) is 0 Å². The van der Waals surface area contributed by atoms with Crippen molar-refractivity contribution in [3.05, 3.63) is 12.2 Å². The van der Waals surface area contributed by atoms with Gasteiger partial charge in [0.1, 0.15) is 13.2 Å². The Balaban J connectivity index is 4.14. The zero-order valence-electron chi connectivity index (χ0n) is 42.6. The van der Waals surface area contributed by atoms with E-state index in [0.29, 0.717) is 19.3 Å². The highest BCUT2D eigenvalue weighted by molar-refractivity contribution is 5.71. The molecular formula is C57H108O6. The van der Waals surface area contributed by atoms with Gasteiger partial charge in [0.15, 0.2) is 6.10 Å². The number of allylic oxidation sites excluding steroid dienone is 2. The van der Waals surface area contributed by atoms with Gasteiger partial charge in [0.25, 0.3) is 0 Å². The monoisotopic (exact) mass is 889 g/mol. The second-order valence-electron chi connectivity index (χ2n) is 19.2. The molecule has 1 atom stereocenters. The highest BCUT2D eigenvalue weighted by Gasteiger charge is 2.19. The van der Waals surface area contributed by atoms with Crippen LogP contribution >= 0.6 is 0 Å². The van der Waals surface area contributed by atoms with Crippen LogP contribution in [-0.4, -0.2) is 37.2 Å². The first-order chi connectivity index (χ1) is 31.0. The summed E-state index contributed by atoms with van der Waals surface area (Å²) in [7, 11) is 0. The molecule has 372 valence electrons. The van der Waals surface area contributed by atoms with E-state index in [-0.39, 0.29) is 31.1 Å². The van der Waals surface area contributed by atoms with Crippen molar-refractivity contribution in [3.8, 4) is 0 Å². The number of carbonyl (C=O) groups is 3. The van der Waals surface area contributed by atoms with E-state index < -0.39 is 6.10 Å². The number of hydrogen-bond donors (Lipinski definition) is 0. The summed E-state index contributed by atoms with van der Waals surface area (Å²) in [6, 6.07) is 0. The van der Waals surface area contributed by atoms with Crippen molar-refractivity contribution < 1.29 is 28.6 Å². The van der Waals surface area contributed by atoms with E-state index in [1.54, 1.807) is 0 Å². The Labute approximate surface area is 392 Å². The molecule has 0 amide bonds. The van der Waals surface area contributed by atoms with Gasteiger partial charge in [0.2, 0.25) is 0 Å². The molecule has 0 N–H and O–H groups in total. The van der Waals surface area contributed by atoms with Crippen LogP contribution in [0.3, 0.4) is 0 Å². The van der Waals surface area contributed by atoms with Gasteiger partial charge in [-0.25, -0.2) is 0 Å². The molecule has 0 spiro atoms. The lowest BCUT2D eigenvalue weighted by atomic mass is 10.0. The number of hydrogen-bond acceptors (Lipinski definition) is 6. The molecule has 0 rings (SSSR count). The fourth-order valence-electron chi connectivity index (χ4n) is 8.50. The third kappa shape index (κ3) is 51.0. The van der Waals surface area contributed by atoms with Crippen molar-refractivity contribution in [3.63, 3.8) is 0 Å². The number of unbranched alkanes of at least 4 members (excludes halogenated alkanes) is 39. The normalized spacial score (nSPS) is 12.0. The maximum atomic E-state index is 12.8. The molecule has 0 aromatic rings. The summed E-state index contributed by atoms with van der Waals surface area (Å²) in [5, 5.41) is 0. The van der Waals surface area contributed by atoms with E-state index in [2.05, 4.69) is 32.9 Å². The van der Waals surface area contributed by atoms with Crippen LogP contribution in [0.15, 0.2) is 12.2 Å². The number of carbonyl (C=O) groups excluding carboxylic acids is 3. The van der Waals surface area contributed by atoms with Gasteiger partial charge in [0, 0.05) is 19.3 Å². The van der Waals surface area contributed by atoms with Gasteiger partial charge in [-0.2, -0.15) is 0 Å². The first-order valence-electron chi connectivity index (χ1n) is 28.2. The van der Waals surface area contributed by atoms with Crippen LogP contribution in [0.4, 0.5) is 0 Å². The number of ether oxygens (including phenoxy) is 3. The molecular weight excluding hydrogens is 781 g/mol. The van der Waals surface area contributed by atoms with E-state index in [0.717, 1.165) is 57.8 Å². The standard InChI is InChI=1S/C57H108O6/c1-4-7-10-13-16-19-21-23-25-26-27-28-29-30-31-32-33-35-36-38-41-44-47-50-56(59)62-53-54(52-61-55(58)49-46-43-40-18-15-12-9-6-3)63-57(60)51-48-45-42-39-37-34-24-22-20-17-14-11-8-5-2/h26-27,54H,4-25,28-53H2,1-3H3/b27-26-. The lowest BCUT2D eigenvalue weighted by Gasteiger charge is -2.18. The minimum absolute atomic E-state index is 0.0651. The molecule has 0 aliphatic heterocycles. The van der Waals surface area contributed by atoms with Crippen LogP contribution in [0, 0.1) is 0 Å².